The second-order valence-corrected chi connectivity index (χ2v) is 8.46. The highest BCUT2D eigenvalue weighted by atomic mass is 35.5. The van der Waals surface area contributed by atoms with E-state index < -0.39 is 0 Å². The number of nitrogen functional groups attached to an aromatic ring is 1. The van der Waals surface area contributed by atoms with Gasteiger partial charge in [-0.2, -0.15) is 5.10 Å². The molecule has 0 fully saturated rings. The number of aromatic amines is 1. The number of nitrogens with one attached hydrogen (secondary N) is 2. The quantitative estimate of drug-likeness (QED) is 0.282. The van der Waals surface area contributed by atoms with Crippen LogP contribution in [0.3, 0.4) is 0 Å². The maximum atomic E-state index is 12.3. The van der Waals surface area contributed by atoms with Crippen molar-refractivity contribution in [1.82, 2.24) is 25.1 Å². The van der Waals surface area contributed by atoms with Crippen molar-refractivity contribution in [1.29, 1.82) is 0 Å². The highest BCUT2D eigenvalue weighted by Crippen LogP contribution is 2.27. The fraction of sp³-hybridized carbons (Fsp3) is 0.100. The van der Waals surface area contributed by atoms with Gasteiger partial charge in [0.15, 0.2) is 0 Å². The Balaban J connectivity index is 1.43. The summed E-state index contributed by atoms with van der Waals surface area (Å²) in [7, 11) is 0. The van der Waals surface area contributed by atoms with Gasteiger partial charge in [-0.15, -0.1) is 10.2 Å². The molecule has 2 heterocycles. The molecule has 0 saturated carbocycles. The van der Waals surface area contributed by atoms with Gasteiger partial charge >= 0.3 is 0 Å². The summed E-state index contributed by atoms with van der Waals surface area (Å²) in [6.45, 7) is 2.03. The third-order valence-corrected chi connectivity index (χ3v) is 5.87. The van der Waals surface area contributed by atoms with Gasteiger partial charge in [-0.25, -0.2) is 4.68 Å². The van der Waals surface area contributed by atoms with Crippen LogP contribution in [0.5, 0.6) is 0 Å². The van der Waals surface area contributed by atoms with Crippen molar-refractivity contribution < 1.29 is 4.79 Å². The smallest absolute Gasteiger partial charge is 0.234 e. The highest BCUT2D eigenvalue weighted by Gasteiger charge is 2.17. The lowest BCUT2D eigenvalue weighted by Crippen LogP contribution is -2.16. The average molecular weight is 474 g/mol. The van der Waals surface area contributed by atoms with Crippen LogP contribution in [-0.4, -0.2) is 36.7 Å². The number of anilines is 1. The van der Waals surface area contributed by atoms with Gasteiger partial charge in [-0.05, 0) is 31.2 Å². The second-order valence-electron chi connectivity index (χ2n) is 6.67. The Morgan fingerprint density at radius 1 is 1.16 bits per heavy atom. The molecule has 4 N–H and O–H groups in total. The number of hydrogen-bond acceptors (Lipinski definition) is 6. The van der Waals surface area contributed by atoms with E-state index in [1.165, 1.54) is 10.2 Å². The number of aryl methyl sites for hydroxylation is 1. The van der Waals surface area contributed by atoms with Gasteiger partial charge in [-0.3, -0.25) is 9.89 Å². The minimum absolute atomic E-state index is 0.0652. The summed E-state index contributed by atoms with van der Waals surface area (Å²) in [5.74, 6) is 6.34. The van der Waals surface area contributed by atoms with Crippen molar-refractivity contribution in [2.45, 2.75) is 12.1 Å². The van der Waals surface area contributed by atoms with E-state index in [9.17, 15) is 4.79 Å². The van der Waals surface area contributed by atoms with Crippen molar-refractivity contribution in [3.63, 3.8) is 0 Å². The summed E-state index contributed by atoms with van der Waals surface area (Å²) >= 11 is 13.2. The molecule has 0 unspecified atom stereocenters. The number of hydrogen-bond donors (Lipinski definition) is 3. The first-order chi connectivity index (χ1) is 14.9. The van der Waals surface area contributed by atoms with Crippen LogP contribution in [0.15, 0.2) is 53.7 Å². The summed E-state index contributed by atoms with van der Waals surface area (Å²) in [4.78, 5) is 12.3. The van der Waals surface area contributed by atoms with Gasteiger partial charge in [0.05, 0.1) is 22.2 Å². The van der Waals surface area contributed by atoms with Crippen molar-refractivity contribution in [2.24, 2.45) is 0 Å². The van der Waals surface area contributed by atoms with E-state index >= 15 is 0 Å². The average Bonchev–Trinajstić information content (AvgIpc) is 3.36. The lowest BCUT2D eigenvalue weighted by molar-refractivity contribution is -0.113. The predicted octanol–water partition coefficient (Wildman–Crippen LogP) is 4.40. The Hall–Kier alpha value is -3.01. The SMILES string of the molecule is Cc1ccc(-c2cc(-c3nnc(SCC(=O)Nc4cc(Cl)ccc4Cl)n3N)[nH]n2)cc1. The summed E-state index contributed by atoms with van der Waals surface area (Å²) in [6, 6.07) is 14.7. The zero-order valence-corrected chi connectivity index (χ0v) is 18.6. The molecule has 0 saturated heterocycles. The first-order valence-corrected chi connectivity index (χ1v) is 10.9. The van der Waals surface area contributed by atoms with Crippen LogP contribution < -0.4 is 11.2 Å². The zero-order valence-electron chi connectivity index (χ0n) is 16.3. The monoisotopic (exact) mass is 473 g/mol. The van der Waals surface area contributed by atoms with Gasteiger partial charge in [0.1, 0.15) is 5.69 Å². The van der Waals surface area contributed by atoms with Gasteiger partial charge in [0, 0.05) is 10.6 Å². The molecule has 0 radical (unpaired) electrons. The largest absolute Gasteiger partial charge is 0.335 e. The first kappa shape index (κ1) is 21.2. The van der Waals surface area contributed by atoms with E-state index in [2.05, 4.69) is 25.7 Å². The first-order valence-electron chi connectivity index (χ1n) is 9.12. The molecule has 0 aliphatic heterocycles. The molecule has 8 nitrogen and oxygen atoms in total. The van der Waals surface area contributed by atoms with Crippen LogP contribution in [0.2, 0.25) is 10.0 Å². The summed E-state index contributed by atoms with van der Waals surface area (Å²) in [6.07, 6.45) is 0. The van der Waals surface area contributed by atoms with E-state index in [1.807, 2.05) is 37.3 Å². The molecule has 0 atom stereocenters. The summed E-state index contributed by atoms with van der Waals surface area (Å²) in [5, 5.41) is 19.4. The van der Waals surface area contributed by atoms with Crippen LogP contribution in [0.1, 0.15) is 5.56 Å². The Morgan fingerprint density at radius 3 is 2.71 bits per heavy atom. The number of halogens is 2. The molecule has 2 aromatic heterocycles. The third-order valence-electron chi connectivity index (χ3n) is 4.37. The Bertz CT molecular complexity index is 1240. The molecule has 2 aromatic carbocycles. The number of thioether (sulfide) groups is 1. The maximum Gasteiger partial charge on any atom is 0.234 e. The number of benzene rings is 2. The fourth-order valence-electron chi connectivity index (χ4n) is 2.78. The molecule has 0 spiro atoms. The highest BCUT2D eigenvalue weighted by molar-refractivity contribution is 7.99. The molecule has 4 rings (SSSR count). The summed E-state index contributed by atoms with van der Waals surface area (Å²) in [5.41, 5.74) is 3.97. The lowest BCUT2D eigenvalue weighted by atomic mass is 10.1. The molecule has 158 valence electrons. The Labute approximate surface area is 192 Å². The number of aromatic nitrogens is 5. The van der Waals surface area contributed by atoms with Crippen molar-refractivity contribution in [3.05, 3.63) is 64.1 Å². The molecular formula is C20H17Cl2N7OS. The van der Waals surface area contributed by atoms with E-state index in [0.29, 0.717) is 32.4 Å². The van der Waals surface area contributed by atoms with Crippen LogP contribution in [0.4, 0.5) is 5.69 Å². The fourth-order valence-corrected chi connectivity index (χ4v) is 3.77. The van der Waals surface area contributed by atoms with E-state index in [1.54, 1.807) is 18.2 Å². The van der Waals surface area contributed by atoms with E-state index in [-0.39, 0.29) is 11.7 Å². The molecule has 4 aromatic rings. The Morgan fingerprint density at radius 2 is 1.94 bits per heavy atom. The number of H-pyrrole nitrogens is 1. The molecule has 11 heteroatoms. The standard InChI is InChI=1S/C20H17Cl2N7OS/c1-11-2-4-12(5-3-11)15-9-17(26-25-15)19-27-28-20(29(19)23)31-10-18(30)24-16-8-13(21)6-7-14(16)22/h2-9H,10,23H2,1H3,(H,24,30)(H,25,26). The number of nitrogens with zero attached hydrogens (tertiary/aromatic N) is 4. The van der Waals surface area contributed by atoms with Crippen LogP contribution in [0.25, 0.3) is 22.8 Å². The van der Waals surface area contributed by atoms with Gasteiger partial charge < -0.3 is 11.2 Å². The van der Waals surface area contributed by atoms with E-state index in [4.69, 9.17) is 29.0 Å². The summed E-state index contributed by atoms with van der Waals surface area (Å²) < 4.78 is 1.32. The molecule has 1 amide bonds. The number of rotatable bonds is 6. The number of amides is 1. The minimum Gasteiger partial charge on any atom is -0.335 e. The van der Waals surface area contributed by atoms with E-state index in [0.717, 1.165) is 23.0 Å². The van der Waals surface area contributed by atoms with Crippen molar-refractivity contribution in [3.8, 4) is 22.8 Å². The van der Waals surface area contributed by atoms with Crippen LogP contribution in [0, 0.1) is 6.92 Å². The third kappa shape index (κ3) is 4.84. The lowest BCUT2D eigenvalue weighted by Gasteiger charge is -2.07. The van der Waals surface area contributed by atoms with Gasteiger partial charge in [-0.1, -0.05) is 64.8 Å². The van der Waals surface area contributed by atoms with Gasteiger partial charge in [0.25, 0.3) is 0 Å². The van der Waals surface area contributed by atoms with Crippen LogP contribution >= 0.6 is 35.0 Å². The van der Waals surface area contributed by atoms with Crippen molar-refractivity contribution in [2.75, 3.05) is 16.9 Å². The molecule has 0 aliphatic rings. The minimum atomic E-state index is -0.276. The number of carbonyl (C=O) groups is 1. The van der Waals surface area contributed by atoms with Gasteiger partial charge in [0.2, 0.25) is 16.9 Å². The second kappa shape index (κ2) is 9.01. The Kier molecular flexibility index (Phi) is 6.17. The normalized spacial score (nSPS) is 10.9. The number of carbonyl (C=O) groups excluding carboxylic acids is 1. The number of nitrogens with two attached hydrogens (primary N) is 1. The predicted molar refractivity (Wildman–Crippen MR) is 124 cm³/mol. The molecule has 0 bridgehead atoms. The molecule has 31 heavy (non-hydrogen) atoms. The topological polar surface area (TPSA) is 115 Å². The molecular weight excluding hydrogens is 457 g/mol. The van der Waals surface area contributed by atoms with Crippen LogP contribution in [-0.2, 0) is 4.79 Å². The maximum absolute atomic E-state index is 12.3. The molecule has 0 aliphatic carbocycles. The zero-order chi connectivity index (χ0) is 22.0. The van der Waals surface area contributed by atoms with Crippen molar-refractivity contribution >= 4 is 46.6 Å².